The Morgan fingerprint density at radius 2 is 1.87 bits per heavy atom. The van der Waals surface area contributed by atoms with Crippen molar-refractivity contribution in [3.8, 4) is 11.5 Å². The number of nitrogens with one attached hydrogen (secondary N) is 1. The van der Waals surface area contributed by atoms with Crippen LogP contribution in [0.3, 0.4) is 0 Å². The van der Waals surface area contributed by atoms with Crippen LogP contribution in [0.4, 0.5) is 5.69 Å². The van der Waals surface area contributed by atoms with E-state index in [0.717, 1.165) is 15.8 Å². The number of carbonyl (C=O) groups excluding carboxylic acids is 2. The van der Waals surface area contributed by atoms with Gasteiger partial charge in [0, 0.05) is 46.8 Å². The Morgan fingerprint density at radius 3 is 2.68 bits per heavy atom. The Morgan fingerprint density at radius 1 is 1.10 bits per heavy atom. The maximum Gasteiger partial charge on any atom is 0.242 e. The second-order valence-electron chi connectivity index (χ2n) is 7.11. The average molecular weight is 440 g/mol. The lowest BCUT2D eigenvalue weighted by Crippen LogP contribution is -2.33. The number of thioether (sulfide) groups is 1. The molecule has 0 aliphatic carbocycles. The van der Waals surface area contributed by atoms with Crippen molar-refractivity contribution in [3.05, 3.63) is 48.7 Å². The van der Waals surface area contributed by atoms with Crippen LogP contribution in [-0.2, 0) is 16.1 Å². The van der Waals surface area contributed by atoms with Gasteiger partial charge < -0.3 is 24.3 Å². The average Bonchev–Trinajstić information content (AvgIpc) is 3.38. The lowest BCUT2D eigenvalue weighted by Gasteiger charge is -2.19. The highest BCUT2D eigenvalue weighted by Gasteiger charge is 2.17. The number of ether oxygens (including phenoxy) is 2. The number of likely N-dealkylation sites (N-methyl/N-ethyl adjacent to an activating group) is 1. The molecule has 2 amide bonds. The fourth-order valence-corrected chi connectivity index (χ4v) is 4.48. The third kappa shape index (κ3) is 4.64. The van der Waals surface area contributed by atoms with Crippen LogP contribution in [0.5, 0.6) is 11.5 Å². The molecule has 3 aromatic rings. The van der Waals surface area contributed by atoms with E-state index in [4.69, 9.17) is 9.47 Å². The SMILES string of the molecule is CCN(CC)C(=O)Cn1cc(SCC(=O)Nc2ccc3c(c2)OCO3)c2ccccc21. The first-order chi connectivity index (χ1) is 15.1. The van der Waals surface area contributed by atoms with E-state index in [0.29, 0.717) is 30.3 Å². The summed E-state index contributed by atoms with van der Waals surface area (Å²) in [5.74, 6) is 1.54. The molecule has 0 bridgehead atoms. The summed E-state index contributed by atoms with van der Waals surface area (Å²) in [5.41, 5.74) is 1.66. The van der Waals surface area contributed by atoms with Crippen LogP contribution in [-0.4, -0.2) is 46.9 Å². The number of aromatic nitrogens is 1. The molecule has 1 aromatic heterocycles. The van der Waals surface area contributed by atoms with Gasteiger partial charge in [-0.25, -0.2) is 0 Å². The molecular formula is C23H25N3O4S. The van der Waals surface area contributed by atoms with Gasteiger partial charge in [0.05, 0.1) is 5.75 Å². The van der Waals surface area contributed by atoms with Gasteiger partial charge in [0.25, 0.3) is 0 Å². The van der Waals surface area contributed by atoms with Crippen LogP contribution in [0.1, 0.15) is 13.8 Å². The van der Waals surface area contributed by atoms with Crippen molar-refractivity contribution in [1.82, 2.24) is 9.47 Å². The summed E-state index contributed by atoms with van der Waals surface area (Å²) < 4.78 is 12.6. The molecule has 31 heavy (non-hydrogen) atoms. The van der Waals surface area contributed by atoms with Crippen LogP contribution < -0.4 is 14.8 Å². The van der Waals surface area contributed by atoms with Crippen LogP contribution in [0.25, 0.3) is 10.9 Å². The van der Waals surface area contributed by atoms with Gasteiger partial charge in [0.15, 0.2) is 11.5 Å². The van der Waals surface area contributed by atoms with Crippen LogP contribution in [0, 0.1) is 0 Å². The number of amides is 2. The largest absolute Gasteiger partial charge is 0.454 e. The van der Waals surface area contributed by atoms with Crippen LogP contribution in [0.2, 0.25) is 0 Å². The molecule has 0 fully saturated rings. The second-order valence-corrected chi connectivity index (χ2v) is 8.13. The number of anilines is 1. The van der Waals surface area contributed by atoms with Crippen molar-refractivity contribution in [2.24, 2.45) is 0 Å². The standard InChI is InChI=1S/C23H25N3O4S/c1-3-25(4-2)23(28)13-26-12-21(17-7-5-6-8-18(17)26)31-14-22(27)24-16-9-10-19-20(11-16)30-15-29-19/h5-12H,3-4,13-15H2,1-2H3,(H,24,27). The van der Waals surface area contributed by atoms with Gasteiger partial charge in [-0.1, -0.05) is 18.2 Å². The number of nitrogens with zero attached hydrogens (tertiary/aromatic N) is 2. The third-order valence-corrected chi connectivity index (χ3v) is 6.23. The highest BCUT2D eigenvalue weighted by atomic mass is 32.2. The molecule has 1 aliphatic rings. The summed E-state index contributed by atoms with van der Waals surface area (Å²) in [7, 11) is 0. The molecule has 162 valence electrons. The fourth-order valence-electron chi connectivity index (χ4n) is 3.60. The first-order valence-electron chi connectivity index (χ1n) is 10.3. The zero-order valence-electron chi connectivity index (χ0n) is 17.6. The molecule has 0 radical (unpaired) electrons. The maximum atomic E-state index is 12.6. The van der Waals surface area contributed by atoms with Crippen molar-refractivity contribution in [2.75, 3.05) is 31.0 Å². The van der Waals surface area contributed by atoms with Gasteiger partial charge in [0.1, 0.15) is 6.54 Å². The maximum absolute atomic E-state index is 12.6. The van der Waals surface area contributed by atoms with Crippen molar-refractivity contribution in [3.63, 3.8) is 0 Å². The predicted molar refractivity (Wildman–Crippen MR) is 122 cm³/mol. The summed E-state index contributed by atoms with van der Waals surface area (Å²) in [6.45, 7) is 5.83. The van der Waals surface area contributed by atoms with E-state index < -0.39 is 0 Å². The monoisotopic (exact) mass is 439 g/mol. The summed E-state index contributed by atoms with van der Waals surface area (Å²) in [6.07, 6.45) is 1.96. The highest BCUT2D eigenvalue weighted by molar-refractivity contribution is 8.00. The Bertz CT molecular complexity index is 1110. The van der Waals surface area contributed by atoms with Gasteiger partial charge in [0.2, 0.25) is 18.6 Å². The molecule has 0 saturated heterocycles. The first-order valence-corrected chi connectivity index (χ1v) is 11.3. The molecule has 4 rings (SSSR count). The molecule has 2 aromatic carbocycles. The lowest BCUT2D eigenvalue weighted by atomic mass is 10.2. The normalized spacial score (nSPS) is 12.2. The molecule has 8 heteroatoms. The molecule has 0 saturated carbocycles. The van der Waals surface area contributed by atoms with Gasteiger partial charge in [-0.05, 0) is 32.0 Å². The number of rotatable bonds is 8. The summed E-state index contributed by atoms with van der Waals surface area (Å²) >= 11 is 1.46. The Kier molecular flexibility index (Phi) is 6.36. The molecule has 1 aliphatic heterocycles. The predicted octanol–water partition coefficient (Wildman–Crippen LogP) is 3.97. The topological polar surface area (TPSA) is 72.8 Å². The highest BCUT2D eigenvalue weighted by Crippen LogP contribution is 2.34. The number of benzene rings is 2. The van der Waals surface area contributed by atoms with Crippen molar-refractivity contribution in [2.45, 2.75) is 25.3 Å². The van der Waals surface area contributed by atoms with E-state index in [1.165, 1.54) is 11.8 Å². The van der Waals surface area contributed by atoms with Gasteiger partial charge in [-0.2, -0.15) is 0 Å². The minimum atomic E-state index is -0.111. The van der Waals surface area contributed by atoms with Crippen molar-refractivity contribution in [1.29, 1.82) is 0 Å². The zero-order valence-corrected chi connectivity index (χ0v) is 18.4. The minimum absolute atomic E-state index is 0.0860. The van der Waals surface area contributed by atoms with E-state index >= 15 is 0 Å². The number of para-hydroxylation sites is 1. The van der Waals surface area contributed by atoms with Gasteiger partial charge in [-0.3, -0.25) is 9.59 Å². The smallest absolute Gasteiger partial charge is 0.242 e. The Balaban J connectivity index is 1.44. The molecule has 0 spiro atoms. The molecule has 1 N–H and O–H groups in total. The number of hydrogen-bond donors (Lipinski definition) is 1. The molecular weight excluding hydrogens is 414 g/mol. The van der Waals surface area contributed by atoms with E-state index in [9.17, 15) is 9.59 Å². The van der Waals surface area contributed by atoms with Gasteiger partial charge in [-0.15, -0.1) is 11.8 Å². The summed E-state index contributed by atoms with van der Waals surface area (Å²) in [4.78, 5) is 27.9. The van der Waals surface area contributed by atoms with E-state index in [1.807, 2.05) is 53.8 Å². The second kappa shape index (κ2) is 9.34. The molecule has 7 nitrogen and oxygen atoms in total. The number of hydrogen-bond acceptors (Lipinski definition) is 5. The van der Waals surface area contributed by atoms with E-state index in [1.54, 1.807) is 18.2 Å². The summed E-state index contributed by atoms with van der Waals surface area (Å²) in [6, 6.07) is 13.3. The van der Waals surface area contributed by atoms with Gasteiger partial charge >= 0.3 is 0 Å². The molecule has 0 unspecified atom stereocenters. The number of carbonyl (C=O) groups is 2. The first kappa shape index (κ1) is 21.1. The lowest BCUT2D eigenvalue weighted by molar-refractivity contribution is -0.131. The Hall–Kier alpha value is -3.13. The molecule has 0 atom stereocenters. The minimum Gasteiger partial charge on any atom is -0.454 e. The Labute approximate surface area is 185 Å². The van der Waals surface area contributed by atoms with E-state index in [2.05, 4.69) is 5.32 Å². The summed E-state index contributed by atoms with van der Waals surface area (Å²) in [5, 5.41) is 3.93. The molecule has 2 heterocycles. The van der Waals surface area contributed by atoms with Crippen molar-refractivity contribution < 1.29 is 19.1 Å². The third-order valence-electron chi connectivity index (χ3n) is 5.19. The van der Waals surface area contributed by atoms with Crippen LogP contribution >= 0.6 is 11.8 Å². The fraction of sp³-hybridized carbons (Fsp3) is 0.304. The van der Waals surface area contributed by atoms with Crippen molar-refractivity contribution >= 4 is 40.2 Å². The number of fused-ring (bicyclic) bond motifs is 2. The zero-order chi connectivity index (χ0) is 21.8. The van der Waals surface area contributed by atoms with E-state index in [-0.39, 0.29) is 30.9 Å². The quantitative estimate of drug-likeness (QED) is 0.538. The van der Waals surface area contributed by atoms with Crippen LogP contribution in [0.15, 0.2) is 53.6 Å².